The first-order valence-electron chi connectivity index (χ1n) is 8.10. The number of nitrogens with zero attached hydrogens (tertiary/aromatic N) is 4. The van der Waals surface area contributed by atoms with Crippen LogP contribution in [-0.2, 0) is 18.4 Å². The van der Waals surface area contributed by atoms with E-state index in [2.05, 4.69) is 21.5 Å². The molecule has 0 aliphatic rings. The fourth-order valence-electron chi connectivity index (χ4n) is 2.93. The number of amides is 1. The average molecular weight is 339 g/mol. The van der Waals surface area contributed by atoms with Gasteiger partial charge in [0, 0.05) is 7.05 Å². The molecule has 7 heteroatoms. The van der Waals surface area contributed by atoms with Gasteiger partial charge in [0.15, 0.2) is 5.65 Å². The van der Waals surface area contributed by atoms with Gasteiger partial charge in [0.25, 0.3) is 5.56 Å². The summed E-state index contributed by atoms with van der Waals surface area (Å²) in [5.41, 5.74) is 3.57. The minimum absolute atomic E-state index is 0.0775. The van der Waals surface area contributed by atoms with E-state index in [0.717, 1.165) is 16.7 Å². The van der Waals surface area contributed by atoms with Crippen molar-refractivity contribution in [3.8, 4) is 0 Å². The number of fused-ring (bicyclic) bond motifs is 1. The van der Waals surface area contributed by atoms with Gasteiger partial charge in [-0.15, -0.1) is 0 Å². The van der Waals surface area contributed by atoms with Crippen LogP contribution >= 0.6 is 0 Å². The summed E-state index contributed by atoms with van der Waals surface area (Å²) in [5.74, 6) is -0.236. The van der Waals surface area contributed by atoms with Gasteiger partial charge in [0.1, 0.15) is 18.3 Å². The summed E-state index contributed by atoms with van der Waals surface area (Å²) in [5, 5.41) is 7.37. The predicted octanol–water partition coefficient (Wildman–Crippen LogP) is 1.62. The molecule has 1 aromatic carbocycles. The smallest absolute Gasteiger partial charge is 0.264 e. The number of aryl methyl sites for hydroxylation is 3. The van der Waals surface area contributed by atoms with E-state index < -0.39 is 0 Å². The van der Waals surface area contributed by atoms with Crippen LogP contribution in [0.15, 0.2) is 35.5 Å². The van der Waals surface area contributed by atoms with Crippen LogP contribution in [0.1, 0.15) is 29.7 Å². The Morgan fingerprint density at radius 2 is 2.08 bits per heavy atom. The number of rotatable bonds is 4. The summed E-state index contributed by atoms with van der Waals surface area (Å²) in [4.78, 5) is 29.0. The molecule has 0 aliphatic heterocycles. The summed E-state index contributed by atoms with van der Waals surface area (Å²) in [6.45, 7) is 5.89. The number of nitrogens with one attached hydrogen (secondary N) is 1. The highest BCUT2D eigenvalue weighted by Gasteiger charge is 2.14. The topological polar surface area (TPSA) is 81.8 Å². The Bertz CT molecular complexity index is 1000. The molecule has 2 aromatic heterocycles. The van der Waals surface area contributed by atoms with Crippen molar-refractivity contribution in [3.05, 3.63) is 57.8 Å². The quantitative estimate of drug-likeness (QED) is 0.783. The van der Waals surface area contributed by atoms with Crippen molar-refractivity contribution < 1.29 is 4.79 Å². The number of hydrogen-bond donors (Lipinski definition) is 1. The van der Waals surface area contributed by atoms with Gasteiger partial charge in [-0.3, -0.25) is 18.8 Å². The van der Waals surface area contributed by atoms with Gasteiger partial charge in [-0.25, -0.2) is 4.98 Å². The van der Waals surface area contributed by atoms with E-state index in [1.54, 1.807) is 7.05 Å². The Kier molecular flexibility index (Phi) is 4.39. The average Bonchev–Trinajstić information content (AvgIpc) is 2.94. The molecule has 0 radical (unpaired) electrons. The first kappa shape index (κ1) is 16.9. The Morgan fingerprint density at radius 1 is 1.32 bits per heavy atom. The highest BCUT2D eigenvalue weighted by Crippen LogP contribution is 2.18. The summed E-state index contributed by atoms with van der Waals surface area (Å²) < 4.78 is 2.83. The maximum atomic E-state index is 12.4. The fraction of sp³-hybridized carbons (Fsp3) is 0.333. The molecule has 7 nitrogen and oxygen atoms in total. The molecule has 1 N–H and O–H groups in total. The van der Waals surface area contributed by atoms with Crippen LogP contribution in [0.2, 0.25) is 0 Å². The predicted molar refractivity (Wildman–Crippen MR) is 95.2 cm³/mol. The second-order valence-electron chi connectivity index (χ2n) is 6.33. The lowest BCUT2D eigenvalue weighted by atomic mass is 10.00. The lowest BCUT2D eigenvalue weighted by Gasteiger charge is -2.17. The van der Waals surface area contributed by atoms with Crippen LogP contribution < -0.4 is 10.9 Å². The Hall–Kier alpha value is -2.96. The van der Waals surface area contributed by atoms with Gasteiger partial charge in [-0.05, 0) is 31.9 Å². The minimum atomic E-state index is -0.271. The molecule has 1 amide bonds. The van der Waals surface area contributed by atoms with E-state index >= 15 is 0 Å². The van der Waals surface area contributed by atoms with Crippen LogP contribution in [0, 0.1) is 13.8 Å². The molecule has 0 saturated carbocycles. The lowest BCUT2D eigenvalue weighted by molar-refractivity contribution is -0.122. The van der Waals surface area contributed by atoms with Gasteiger partial charge in [-0.1, -0.05) is 23.8 Å². The van der Waals surface area contributed by atoms with Crippen LogP contribution in [0.4, 0.5) is 0 Å². The summed E-state index contributed by atoms with van der Waals surface area (Å²) in [6.07, 6.45) is 2.85. The maximum absolute atomic E-state index is 12.4. The SMILES string of the molecule is Cc1ccc(C)c([C@H](C)NC(=O)Cn2cnc3c(cnn3C)c2=O)c1. The zero-order chi connectivity index (χ0) is 18.1. The molecule has 0 fully saturated rings. The van der Waals surface area contributed by atoms with Crippen LogP contribution in [0.25, 0.3) is 11.0 Å². The summed E-state index contributed by atoms with van der Waals surface area (Å²) in [7, 11) is 1.72. The van der Waals surface area contributed by atoms with E-state index in [1.807, 2.05) is 32.9 Å². The first-order chi connectivity index (χ1) is 11.9. The van der Waals surface area contributed by atoms with Gasteiger partial charge in [-0.2, -0.15) is 5.10 Å². The molecule has 0 unspecified atom stereocenters. The monoisotopic (exact) mass is 339 g/mol. The van der Waals surface area contributed by atoms with E-state index in [4.69, 9.17) is 0 Å². The largest absolute Gasteiger partial charge is 0.348 e. The lowest BCUT2D eigenvalue weighted by Crippen LogP contribution is -2.34. The highest BCUT2D eigenvalue weighted by atomic mass is 16.2. The Morgan fingerprint density at radius 3 is 2.84 bits per heavy atom. The summed E-state index contributed by atoms with van der Waals surface area (Å²) >= 11 is 0. The van der Waals surface area contributed by atoms with Crippen molar-refractivity contribution in [3.63, 3.8) is 0 Å². The molecule has 0 bridgehead atoms. The van der Waals surface area contributed by atoms with E-state index in [1.165, 1.54) is 21.8 Å². The third-order valence-electron chi connectivity index (χ3n) is 4.31. The van der Waals surface area contributed by atoms with Crippen molar-refractivity contribution >= 4 is 16.9 Å². The number of carbonyl (C=O) groups excluding carboxylic acids is 1. The van der Waals surface area contributed by atoms with Gasteiger partial charge >= 0.3 is 0 Å². The maximum Gasteiger partial charge on any atom is 0.264 e. The Labute approximate surface area is 145 Å². The van der Waals surface area contributed by atoms with E-state index in [9.17, 15) is 9.59 Å². The molecular weight excluding hydrogens is 318 g/mol. The fourth-order valence-corrected chi connectivity index (χ4v) is 2.93. The summed E-state index contributed by atoms with van der Waals surface area (Å²) in [6, 6.07) is 6.01. The van der Waals surface area contributed by atoms with Crippen LogP contribution in [0.3, 0.4) is 0 Å². The van der Waals surface area contributed by atoms with E-state index in [-0.39, 0.29) is 24.1 Å². The molecule has 0 spiro atoms. The van der Waals surface area contributed by atoms with Crippen molar-refractivity contribution in [2.45, 2.75) is 33.4 Å². The molecule has 0 aliphatic carbocycles. The molecule has 0 saturated heterocycles. The van der Waals surface area contributed by atoms with Crippen molar-refractivity contribution in [1.29, 1.82) is 0 Å². The van der Waals surface area contributed by atoms with Gasteiger partial charge < -0.3 is 5.32 Å². The molecule has 130 valence electrons. The molecule has 3 rings (SSSR count). The van der Waals surface area contributed by atoms with Crippen molar-refractivity contribution in [2.24, 2.45) is 7.05 Å². The van der Waals surface area contributed by atoms with Crippen molar-refractivity contribution in [2.75, 3.05) is 0 Å². The number of benzene rings is 1. The standard InChI is InChI=1S/C18H21N5O2/c1-11-5-6-12(2)14(7-11)13(3)21-16(24)9-23-10-19-17-15(18(23)25)8-20-22(17)4/h5-8,10,13H,9H2,1-4H3,(H,21,24)/t13-/m0/s1. The number of hydrogen-bond acceptors (Lipinski definition) is 4. The minimum Gasteiger partial charge on any atom is -0.348 e. The van der Waals surface area contributed by atoms with Crippen LogP contribution in [0.5, 0.6) is 0 Å². The van der Waals surface area contributed by atoms with Gasteiger partial charge in [0.2, 0.25) is 5.91 Å². The second kappa shape index (κ2) is 6.51. The van der Waals surface area contributed by atoms with Crippen LogP contribution in [-0.4, -0.2) is 25.2 Å². The van der Waals surface area contributed by atoms with Gasteiger partial charge in [0.05, 0.1) is 12.2 Å². The first-order valence-corrected chi connectivity index (χ1v) is 8.10. The molecule has 25 heavy (non-hydrogen) atoms. The molecule has 2 heterocycles. The zero-order valence-electron chi connectivity index (χ0n) is 14.8. The highest BCUT2D eigenvalue weighted by molar-refractivity contribution is 5.77. The Balaban J connectivity index is 1.77. The molecular formula is C18H21N5O2. The zero-order valence-corrected chi connectivity index (χ0v) is 14.8. The second-order valence-corrected chi connectivity index (χ2v) is 6.33. The van der Waals surface area contributed by atoms with E-state index in [0.29, 0.717) is 11.0 Å². The number of carbonyl (C=O) groups is 1. The third-order valence-corrected chi connectivity index (χ3v) is 4.31. The third kappa shape index (κ3) is 3.31. The van der Waals surface area contributed by atoms with Crippen molar-refractivity contribution in [1.82, 2.24) is 24.6 Å². The molecule has 1 atom stereocenters. The molecule has 3 aromatic rings. The normalized spacial score (nSPS) is 12.3. The number of aromatic nitrogens is 4.